The van der Waals surface area contributed by atoms with Gasteiger partial charge in [-0.2, -0.15) is 0 Å². The lowest BCUT2D eigenvalue weighted by Gasteiger charge is -2.08. The minimum Gasteiger partial charge on any atom is -0.487 e. The summed E-state index contributed by atoms with van der Waals surface area (Å²) < 4.78 is 27.7. The van der Waals surface area contributed by atoms with Crippen LogP contribution in [-0.2, 0) is 9.05 Å². The van der Waals surface area contributed by atoms with Gasteiger partial charge in [-0.15, -0.1) is 0 Å². The second kappa shape index (κ2) is 5.53. The highest BCUT2D eigenvalue weighted by atomic mass is 35.7. The third kappa shape index (κ3) is 3.33. The van der Waals surface area contributed by atoms with Gasteiger partial charge in [0.05, 0.1) is 16.4 Å². The molecule has 0 spiro atoms. The first-order valence-electron chi connectivity index (χ1n) is 5.14. The number of nitrogens with zero attached hydrogens (tertiary/aromatic N) is 1. The van der Waals surface area contributed by atoms with E-state index in [4.69, 9.17) is 15.4 Å². The number of hydrogen-bond acceptors (Lipinski definition) is 5. The number of halogens is 1. The Morgan fingerprint density at radius 3 is 2.50 bits per heavy atom. The molecule has 0 atom stereocenters. The summed E-state index contributed by atoms with van der Waals surface area (Å²) in [6, 6.07) is 2.23. The van der Waals surface area contributed by atoms with Crippen LogP contribution in [0.4, 0.5) is 5.69 Å². The van der Waals surface area contributed by atoms with Gasteiger partial charge < -0.3 is 4.74 Å². The van der Waals surface area contributed by atoms with Gasteiger partial charge in [0.25, 0.3) is 9.05 Å². The van der Waals surface area contributed by atoms with Gasteiger partial charge in [-0.1, -0.05) is 6.92 Å². The van der Waals surface area contributed by atoms with Crippen molar-refractivity contribution in [2.24, 2.45) is 0 Å². The zero-order valence-corrected chi connectivity index (χ0v) is 11.4. The zero-order valence-electron chi connectivity index (χ0n) is 9.84. The van der Waals surface area contributed by atoms with Crippen LogP contribution in [0.25, 0.3) is 0 Å². The lowest BCUT2D eigenvalue weighted by molar-refractivity contribution is -0.386. The largest absolute Gasteiger partial charge is 0.487 e. The molecular formula is C10H12ClNO5S. The summed E-state index contributed by atoms with van der Waals surface area (Å²) in [5, 5.41) is 10.9. The monoisotopic (exact) mass is 293 g/mol. The van der Waals surface area contributed by atoms with Crippen molar-refractivity contribution in [2.45, 2.75) is 25.2 Å². The molecule has 0 radical (unpaired) electrons. The Hall–Kier alpha value is -1.34. The van der Waals surface area contributed by atoms with Crippen molar-refractivity contribution in [2.75, 3.05) is 6.61 Å². The first-order valence-corrected chi connectivity index (χ1v) is 7.44. The second-order valence-electron chi connectivity index (χ2n) is 3.63. The van der Waals surface area contributed by atoms with E-state index in [-0.39, 0.29) is 10.6 Å². The van der Waals surface area contributed by atoms with Gasteiger partial charge in [-0.05, 0) is 25.0 Å². The van der Waals surface area contributed by atoms with Crippen LogP contribution < -0.4 is 4.74 Å². The maximum atomic E-state index is 11.3. The van der Waals surface area contributed by atoms with Gasteiger partial charge >= 0.3 is 5.69 Å². The second-order valence-corrected chi connectivity index (χ2v) is 6.16. The van der Waals surface area contributed by atoms with E-state index in [2.05, 4.69) is 0 Å². The van der Waals surface area contributed by atoms with E-state index in [0.717, 1.165) is 6.07 Å². The quantitative estimate of drug-likeness (QED) is 0.473. The summed E-state index contributed by atoms with van der Waals surface area (Å²) >= 11 is 0. The molecule has 1 aromatic carbocycles. The Morgan fingerprint density at radius 1 is 1.44 bits per heavy atom. The average Bonchev–Trinajstić information content (AvgIpc) is 2.23. The smallest absolute Gasteiger partial charge is 0.312 e. The molecule has 0 N–H and O–H groups in total. The fourth-order valence-corrected chi connectivity index (χ4v) is 2.58. The molecular weight excluding hydrogens is 282 g/mol. The van der Waals surface area contributed by atoms with Crippen molar-refractivity contribution in [1.29, 1.82) is 0 Å². The lowest BCUT2D eigenvalue weighted by Crippen LogP contribution is -2.03. The van der Waals surface area contributed by atoms with Crippen molar-refractivity contribution in [3.05, 3.63) is 27.8 Å². The van der Waals surface area contributed by atoms with E-state index < -0.39 is 19.7 Å². The maximum absolute atomic E-state index is 11.3. The highest BCUT2D eigenvalue weighted by Gasteiger charge is 2.23. The van der Waals surface area contributed by atoms with E-state index in [1.165, 1.54) is 13.0 Å². The van der Waals surface area contributed by atoms with E-state index >= 15 is 0 Å². The Labute approximate surface area is 109 Å². The van der Waals surface area contributed by atoms with Crippen molar-refractivity contribution in [3.8, 4) is 5.75 Å². The third-order valence-electron chi connectivity index (χ3n) is 2.18. The maximum Gasteiger partial charge on any atom is 0.312 e. The standard InChI is InChI=1S/C10H12ClNO5S/c1-3-4-17-9-5-7(2)10(18(11,15)16)6-8(9)12(13)14/h5-6H,3-4H2,1-2H3. The Balaban J connectivity index is 3.39. The molecule has 0 bridgehead atoms. The summed E-state index contributed by atoms with van der Waals surface area (Å²) in [5.41, 5.74) is -0.102. The van der Waals surface area contributed by atoms with E-state index in [1.807, 2.05) is 6.92 Å². The minimum absolute atomic E-state index is 0.0448. The molecule has 1 aromatic rings. The minimum atomic E-state index is -4.01. The third-order valence-corrected chi connectivity index (χ3v) is 3.64. The van der Waals surface area contributed by atoms with Crippen LogP contribution in [0.5, 0.6) is 5.75 Å². The molecule has 0 aliphatic rings. The number of hydrogen-bond donors (Lipinski definition) is 0. The number of rotatable bonds is 5. The molecule has 0 unspecified atom stereocenters. The van der Waals surface area contributed by atoms with Gasteiger partial charge in [-0.25, -0.2) is 8.42 Å². The van der Waals surface area contributed by atoms with Crippen LogP contribution in [-0.4, -0.2) is 19.9 Å². The van der Waals surface area contributed by atoms with Crippen molar-refractivity contribution >= 4 is 25.4 Å². The number of nitro benzene ring substituents is 1. The molecule has 0 saturated heterocycles. The Morgan fingerprint density at radius 2 is 2.06 bits per heavy atom. The van der Waals surface area contributed by atoms with Crippen molar-refractivity contribution in [1.82, 2.24) is 0 Å². The van der Waals surface area contributed by atoms with Gasteiger partial charge in [0.2, 0.25) is 0 Å². The molecule has 0 aromatic heterocycles. The summed E-state index contributed by atoms with van der Waals surface area (Å²) in [6.07, 6.45) is 0.686. The Kier molecular flexibility index (Phi) is 4.53. The van der Waals surface area contributed by atoms with Crippen LogP contribution in [0.15, 0.2) is 17.0 Å². The van der Waals surface area contributed by atoms with Crippen LogP contribution in [0.2, 0.25) is 0 Å². The molecule has 1 rings (SSSR count). The van der Waals surface area contributed by atoms with Gasteiger partial charge in [0, 0.05) is 16.7 Å². The van der Waals surface area contributed by atoms with Crippen LogP contribution in [0.1, 0.15) is 18.9 Å². The van der Waals surface area contributed by atoms with Gasteiger partial charge in [0.15, 0.2) is 5.75 Å². The molecule has 0 heterocycles. The first-order chi connectivity index (χ1) is 8.27. The summed E-state index contributed by atoms with van der Waals surface area (Å²) in [5.74, 6) is 0.0448. The molecule has 18 heavy (non-hydrogen) atoms. The number of nitro groups is 1. The van der Waals surface area contributed by atoms with E-state index in [1.54, 1.807) is 0 Å². The SMILES string of the molecule is CCCOc1cc(C)c(S(=O)(=O)Cl)cc1[N+](=O)[O-]. The van der Waals surface area contributed by atoms with Crippen molar-refractivity contribution < 1.29 is 18.1 Å². The zero-order chi connectivity index (χ0) is 13.9. The molecule has 8 heteroatoms. The number of ether oxygens (including phenoxy) is 1. The fourth-order valence-electron chi connectivity index (χ4n) is 1.38. The lowest BCUT2D eigenvalue weighted by atomic mass is 10.2. The summed E-state index contributed by atoms with van der Waals surface area (Å²) in [6.45, 7) is 3.67. The number of aryl methyl sites for hydroxylation is 1. The van der Waals surface area contributed by atoms with Crippen LogP contribution in [0.3, 0.4) is 0 Å². The molecule has 0 amide bonds. The molecule has 0 saturated carbocycles. The molecule has 0 fully saturated rings. The van der Waals surface area contributed by atoms with E-state index in [0.29, 0.717) is 18.6 Å². The first kappa shape index (κ1) is 14.7. The highest BCUT2D eigenvalue weighted by Crippen LogP contribution is 2.33. The summed E-state index contributed by atoms with van der Waals surface area (Å²) in [4.78, 5) is 9.89. The number of benzene rings is 1. The molecule has 0 aliphatic heterocycles. The highest BCUT2D eigenvalue weighted by molar-refractivity contribution is 8.13. The Bertz CT molecular complexity index is 570. The molecule has 6 nitrogen and oxygen atoms in total. The topological polar surface area (TPSA) is 86.5 Å². The van der Waals surface area contributed by atoms with Crippen LogP contribution in [0, 0.1) is 17.0 Å². The normalized spacial score (nSPS) is 11.3. The predicted molar refractivity (Wildman–Crippen MR) is 66.7 cm³/mol. The van der Waals surface area contributed by atoms with Crippen LogP contribution >= 0.6 is 10.7 Å². The van der Waals surface area contributed by atoms with E-state index in [9.17, 15) is 18.5 Å². The van der Waals surface area contributed by atoms with Crippen molar-refractivity contribution in [3.63, 3.8) is 0 Å². The molecule has 0 aliphatic carbocycles. The summed E-state index contributed by atoms with van der Waals surface area (Å²) in [7, 11) is 1.19. The average molecular weight is 294 g/mol. The van der Waals surface area contributed by atoms with Gasteiger partial charge in [0.1, 0.15) is 0 Å². The van der Waals surface area contributed by atoms with Gasteiger partial charge in [-0.3, -0.25) is 10.1 Å². The predicted octanol–water partition coefficient (Wildman–Crippen LogP) is 2.62. The molecule has 100 valence electrons. The fraction of sp³-hybridized carbons (Fsp3) is 0.400.